The fourth-order valence-electron chi connectivity index (χ4n) is 2.68. The third kappa shape index (κ3) is 3.00. The molecular formula is C14H18ClN3O. The second kappa shape index (κ2) is 5.00. The molecule has 0 saturated heterocycles. The predicted molar refractivity (Wildman–Crippen MR) is 74.9 cm³/mol. The summed E-state index contributed by atoms with van der Waals surface area (Å²) >= 11 is 5.98. The zero-order chi connectivity index (χ0) is 13.4. The first-order chi connectivity index (χ1) is 9.15. The maximum absolute atomic E-state index is 12.1. The van der Waals surface area contributed by atoms with Crippen LogP contribution in [0.15, 0.2) is 12.1 Å². The van der Waals surface area contributed by atoms with Crippen LogP contribution in [0, 0.1) is 17.8 Å². The van der Waals surface area contributed by atoms with E-state index < -0.39 is 0 Å². The highest BCUT2D eigenvalue weighted by Gasteiger charge is 2.41. The van der Waals surface area contributed by atoms with E-state index >= 15 is 0 Å². The fraction of sp³-hybridized carbons (Fsp3) is 0.571. The van der Waals surface area contributed by atoms with Crippen molar-refractivity contribution in [2.45, 2.75) is 25.7 Å². The molecule has 1 aromatic rings. The van der Waals surface area contributed by atoms with Crippen molar-refractivity contribution in [2.75, 3.05) is 12.3 Å². The third-order valence-corrected chi connectivity index (χ3v) is 4.34. The lowest BCUT2D eigenvalue weighted by molar-refractivity contribution is 0.0938. The number of pyridine rings is 1. The molecule has 0 aliphatic heterocycles. The van der Waals surface area contributed by atoms with Crippen molar-refractivity contribution in [3.05, 3.63) is 22.8 Å². The number of hydrogen-bond donors (Lipinski definition) is 2. The Labute approximate surface area is 117 Å². The number of halogens is 1. The lowest BCUT2D eigenvalue weighted by Crippen LogP contribution is -2.32. The van der Waals surface area contributed by atoms with Crippen molar-refractivity contribution < 1.29 is 4.79 Å². The fourth-order valence-corrected chi connectivity index (χ4v) is 2.87. The van der Waals surface area contributed by atoms with Crippen LogP contribution in [0.3, 0.4) is 0 Å². The molecule has 102 valence electrons. The van der Waals surface area contributed by atoms with Gasteiger partial charge in [-0.1, -0.05) is 11.6 Å². The van der Waals surface area contributed by atoms with Gasteiger partial charge in [0.1, 0.15) is 11.5 Å². The Bertz CT molecular complexity index is 485. The van der Waals surface area contributed by atoms with E-state index in [2.05, 4.69) is 10.3 Å². The first-order valence-electron chi connectivity index (χ1n) is 6.85. The van der Waals surface area contributed by atoms with E-state index in [0.29, 0.717) is 16.8 Å². The number of amides is 1. The van der Waals surface area contributed by atoms with Gasteiger partial charge in [0.15, 0.2) is 0 Å². The molecular weight excluding hydrogens is 262 g/mol. The van der Waals surface area contributed by atoms with Crippen molar-refractivity contribution in [1.82, 2.24) is 10.3 Å². The Hall–Kier alpha value is -1.29. The lowest BCUT2D eigenvalue weighted by Gasteiger charge is -2.16. The molecule has 2 saturated carbocycles. The third-order valence-electron chi connectivity index (χ3n) is 4.04. The average molecular weight is 280 g/mol. The van der Waals surface area contributed by atoms with E-state index in [0.717, 1.165) is 18.4 Å². The van der Waals surface area contributed by atoms with Gasteiger partial charge in [-0.15, -0.1) is 0 Å². The molecule has 19 heavy (non-hydrogen) atoms. The molecule has 2 aliphatic carbocycles. The molecule has 0 radical (unpaired) electrons. The molecule has 2 aliphatic rings. The second-order valence-electron chi connectivity index (χ2n) is 5.62. The minimum absolute atomic E-state index is 0.219. The molecule has 0 atom stereocenters. The van der Waals surface area contributed by atoms with Crippen molar-refractivity contribution in [3.8, 4) is 0 Å². The van der Waals surface area contributed by atoms with Gasteiger partial charge < -0.3 is 11.1 Å². The summed E-state index contributed by atoms with van der Waals surface area (Å²) in [6.45, 7) is 0.737. The average Bonchev–Trinajstić information content (AvgIpc) is 3.25. The molecule has 1 aromatic heterocycles. The van der Waals surface area contributed by atoms with Gasteiger partial charge in [-0.2, -0.15) is 0 Å². The van der Waals surface area contributed by atoms with E-state index in [4.69, 9.17) is 17.3 Å². The molecule has 5 heteroatoms. The molecule has 4 nitrogen and oxygen atoms in total. The quantitative estimate of drug-likeness (QED) is 0.870. The van der Waals surface area contributed by atoms with Gasteiger partial charge in [0.2, 0.25) is 0 Å². The van der Waals surface area contributed by atoms with E-state index in [9.17, 15) is 4.79 Å². The number of aromatic nitrogens is 1. The number of carbonyl (C=O) groups is 1. The summed E-state index contributed by atoms with van der Waals surface area (Å²) in [6.07, 6.45) is 5.26. The zero-order valence-electron chi connectivity index (χ0n) is 10.7. The number of anilines is 1. The lowest BCUT2D eigenvalue weighted by atomic mass is 9.98. The highest BCUT2D eigenvalue weighted by Crippen LogP contribution is 2.48. The minimum Gasteiger partial charge on any atom is -0.384 e. The van der Waals surface area contributed by atoms with Crippen LogP contribution in [0.5, 0.6) is 0 Å². The molecule has 1 heterocycles. The standard InChI is InChI=1S/C14H18ClN3O/c15-11-5-6-12(16)18-13(11)14(19)17-7-10(8-1-2-8)9-3-4-9/h5-6,8-10H,1-4,7H2,(H2,16,18)(H,17,19). The van der Waals surface area contributed by atoms with Crippen LogP contribution in [0.4, 0.5) is 5.82 Å². The Morgan fingerprint density at radius 2 is 2.00 bits per heavy atom. The van der Waals surface area contributed by atoms with Gasteiger partial charge >= 0.3 is 0 Å². The smallest absolute Gasteiger partial charge is 0.271 e. The van der Waals surface area contributed by atoms with Gasteiger partial charge in [0.25, 0.3) is 5.91 Å². The van der Waals surface area contributed by atoms with E-state index in [-0.39, 0.29) is 11.6 Å². The molecule has 2 fully saturated rings. The first kappa shape index (κ1) is 12.7. The highest BCUT2D eigenvalue weighted by atomic mass is 35.5. The normalized spacial score (nSPS) is 18.6. The molecule has 0 aromatic carbocycles. The molecule has 0 spiro atoms. The maximum Gasteiger partial charge on any atom is 0.271 e. The molecule has 0 unspecified atom stereocenters. The van der Waals surface area contributed by atoms with Crippen LogP contribution >= 0.6 is 11.6 Å². The predicted octanol–water partition coefficient (Wildman–Crippen LogP) is 2.48. The Morgan fingerprint density at radius 3 is 2.58 bits per heavy atom. The summed E-state index contributed by atoms with van der Waals surface area (Å²) in [5, 5.41) is 3.32. The number of hydrogen-bond acceptors (Lipinski definition) is 3. The van der Waals surface area contributed by atoms with Gasteiger partial charge in [-0.3, -0.25) is 4.79 Å². The van der Waals surface area contributed by atoms with Crippen LogP contribution in [0.2, 0.25) is 5.02 Å². The van der Waals surface area contributed by atoms with Crippen LogP contribution in [0.25, 0.3) is 0 Å². The second-order valence-corrected chi connectivity index (χ2v) is 6.02. The van der Waals surface area contributed by atoms with E-state index in [1.54, 1.807) is 12.1 Å². The number of nitrogen functional groups attached to an aromatic ring is 1. The SMILES string of the molecule is Nc1ccc(Cl)c(C(=O)NCC(C2CC2)C2CC2)n1. The first-order valence-corrected chi connectivity index (χ1v) is 7.23. The van der Waals surface area contributed by atoms with Crippen molar-refractivity contribution >= 4 is 23.3 Å². The van der Waals surface area contributed by atoms with Gasteiger partial charge in [-0.25, -0.2) is 4.98 Å². The van der Waals surface area contributed by atoms with Crippen LogP contribution in [-0.4, -0.2) is 17.4 Å². The monoisotopic (exact) mass is 279 g/mol. The molecule has 3 N–H and O–H groups in total. The number of carbonyl (C=O) groups excluding carboxylic acids is 1. The van der Waals surface area contributed by atoms with E-state index in [1.807, 2.05) is 0 Å². The van der Waals surface area contributed by atoms with Crippen molar-refractivity contribution in [3.63, 3.8) is 0 Å². The summed E-state index contributed by atoms with van der Waals surface area (Å²) in [5.74, 6) is 2.37. The number of rotatable bonds is 5. The van der Waals surface area contributed by atoms with Crippen molar-refractivity contribution in [2.24, 2.45) is 17.8 Å². The van der Waals surface area contributed by atoms with Gasteiger partial charge in [0.05, 0.1) is 5.02 Å². The molecule has 0 bridgehead atoms. The maximum atomic E-state index is 12.1. The summed E-state index contributed by atoms with van der Waals surface area (Å²) < 4.78 is 0. The van der Waals surface area contributed by atoms with Crippen LogP contribution in [-0.2, 0) is 0 Å². The zero-order valence-corrected chi connectivity index (χ0v) is 11.5. The largest absolute Gasteiger partial charge is 0.384 e. The summed E-state index contributed by atoms with van der Waals surface area (Å²) in [5.41, 5.74) is 5.82. The number of nitrogens with one attached hydrogen (secondary N) is 1. The Morgan fingerprint density at radius 1 is 1.37 bits per heavy atom. The number of nitrogens with two attached hydrogens (primary N) is 1. The van der Waals surface area contributed by atoms with Gasteiger partial charge in [-0.05, 0) is 55.6 Å². The number of nitrogens with zero attached hydrogens (tertiary/aromatic N) is 1. The van der Waals surface area contributed by atoms with Crippen LogP contribution in [0.1, 0.15) is 36.2 Å². The highest BCUT2D eigenvalue weighted by molar-refractivity contribution is 6.33. The van der Waals surface area contributed by atoms with Crippen molar-refractivity contribution in [1.29, 1.82) is 0 Å². The summed E-state index contributed by atoms with van der Waals surface area (Å²) in [4.78, 5) is 16.1. The Kier molecular flexibility index (Phi) is 3.35. The van der Waals surface area contributed by atoms with Crippen LogP contribution < -0.4 is 11.1 Å². The summed E-state index contributed by atoms with van der Waals surface area (Å²) in [6, 6.07) is 3.20. The topological polar surface area (TPSA) is 68.0 Å². The molecule has 1 amide bonds. The summed E-state index contributed by atoms with van der Waals surface area (Å²) in [7, 11) is 0. The minimum atomic E-state index is -0.219. The molecule has 3 rings (SSSR count). The Balaban J connectivity index is 1.62. The van der Waals surface area contributed by atoms with Gasteiger partial charge in [0, 0.05) is 6.54 Å². The van der Waals surface area contributed by atoms with E-state index in [1.165, 1.54) is 25.7 Å².